The van der Waals surface area contributed by atoms with Crippen LogP contribution in [0.1, 0.15) is 17.5 Å². The molecule has 6 nitrogen and oxygen atoms in total. The fourth-order valence-electron chi connectivity index (χ4n) is 1.50. The highest BCUT2D eigenvalue weighted by Crippen LogP contribution is 2.27. The molecule has 0 heterocycles. The minimum Gasteiger partial charge on any atom is -0.320 e. The molecule has 0 bridgehead atoms. The Hall–Kier alpha value is -1.95. The first kappa shape index (κ1) is 14.1. The Kier molecular flexibility index (Phi) is 4.79. The summed E-state index contributed by atoms with van der Waals surface area (Å²) < 4.78 is 0. The maximum Gasteiger partial charge on any atom is 0.293 e. The van der Waals surface area contributed by atoms with Crippen LogP contribution in [0.4, 0.5) is 11.4 Å². The molecular weight excluding hydrogens is 234 g/mol. The first-order valence-electron chi connectivity index (χ1n) is 5.65. The van der Waals surface area contributed by atoms with Crippen molar-refractivity contribution in [3.8, 4) is 0 Å². The number of carbonyl (C=O) groups excluding carboxylic acids is 1. The first-order chi connectivity index (χ1) is 8.45. The zero-order valence-electron chi connectivity index (χ0n) is 10.7. The molecule has 0 fully saturated rings. The molecule has 0 unspecified atom stereocenters. The summed E-state index contributed by atoms with van der Waals surface area (Å²) >= 11 is 0. The van der Waals surface area contributed by atoms with E-state index in [-0.39, 0.29) is 23.7 Å². The van der Waals surface area contributed by atoms with Crippen LogP contribution in [-0.2, 0) is 4.79 Å². The van der Waals surface area contributed by atoms with Crippen LogP contribution in [0.5, 0.6) is 0 Å². The van der Waals surface area contributed by atoms with Gasteiger partial charge in [0.05, 0.1) is 4.92 Å². The minimum atomic E-state index is -0.486. The fraction of sp³-hybridized carbons (Fsp3) is 0.417. The van der Waals surface area contributed by atoms with Crippen molar-refractivity contribution in [2.45, 2.75) is 20.3 Å². The number of nitrogens with zero attached hydrogens (tertiary/aromatic N) is 1. The van der Waals surface area contributed by atoms with Gasteiger partial charge >= 0.3 is 0 Å². The summed E-state index contributed by atoms with van der Waals surface area (Å²) in [5, 5.41) is 16.3. The van der Waals surface area contributed by atoms with E-state index in [9.17, 15) is 14.9 Å². The Morgan fingerprint density at radius 3 is 2.50 bits per heavy atom. The topological polar surface area (TPSA) is 84.3 Å². The Morgan fingerprint density at radius 2 is 1.94 bits per heavy atom. The summed E-state index contributed by atoms with van der Waals surface area (Å²) in [6, 6.07) is 3.10. The molecule has 0 aliphatic rings. The zero-order valence-corrected chi connectivity index (χ0v) is 10.7. The van der Waals surface area contributed by atoms with Crippen molar-refractivity contribution in [3.05, 3.63) is 33.4 Å². The summed E-state index contributed by atoms with van der Waals surface area (Å²) in [7, 11) is 1.74. The van der Waals surface area contributed by atoms with E-state index in [0.717, 1.165) is 11.1 Å². The number of aryl methyl sites for hydroxylation is 2. The van der Waals surface area contributed by atoms with Crippen molar-refractivity contribution >= 4 is 17.3 Å². The van der Waals surface area contributed by atoms with Gasteiger partial charge < -0.3 is 10.6 Å². The molecule has 0 saturated carbocycles. The molecule has 2 N–H and O–H groups in total. The normalized spacial score (nSPS) is 10.2. The van der Waals surface area contributed by atoms with Gasteiger partial charge in [0.2, 0.25) is 5.91 Å². The van der Waals surface area contributed by atoms with Crippen LogP contribution in [0.25, 0.3) is 0 Å². The van der Waals surface area contributed by atoms with E-state index in [0.29, 0.717) is 6.54 Å². The summed E-state index contributed by atoms with van der Waals surface area (Å²) in [6.45, 7) is 4.18. The van der Waals surface area contributed by atoms with Gasteiger partial charge in [-0.25, -0.2) is 0 Å². The zero-order chi connectivity index (χ0) is 13.7. The number of amides is 1. The smallest absolute Gasteiger partial charge is 0.293 e. The average molecular weight is 251 g/mol. The van der Waals surface area contributed by atoms with Crippen LogP contribution < -0.4 is 10.6 Å². The number of nitro benzene ring substituents is 1. The van der Waals surface area contributed by atoms with Gasteiger partial charge in [0.1, 0.15) is 5.69 Å². The number of rotatable bonds is 5. The van der Waals surface area contributed by atoms with E-state index in [1.165, 1.54) is 6.07 Å². The van der Waals surface area contributed by atoms with Gasteiger partial charge in [0.15, 0.2) is 0 Å². The van der Waals surface area contributed by atoms with Crippen LogP contribution in [0.3, 0.4) is 0 Å². The third-order valence-electron chi connectivity index (χ3n) is 2.68. The lowest BCUT2D eigenvalue weighted by atomic mass is 10.1. The highest BCUT2D eigenvalue weighted by Gasteiger charge is 2.17. The van der Waals surface area contributed by atoms with E-state index in [4.69, 9.17) is 0 Å². The molecule has 1 rings (SSSR count). The maximum absolute atomic E-state index is 11.6. The SMILES string of the molecule is CNCCC(=O)Nc1cc(C)c(C)cc1[N+](=O)[O-]. The highest BCUT2D eigenvalue weighted by atomic mass is 16.6. The van der Waals surface area contributed by atoms with Gasteiger partial charge in [-0.05, 0) is 38.1 Å². The van der Waals surface area contributed by atoms with E-state index < -0.39 is 4.92 Å². The number of benzene rings is 1. The van der Waals surface area contributed by atoms with Gasteiger partial charge in [-0.1, -0.05) is 0 Å². The lowest BCUT2D eigenvalue weighted by Crippen LogP contribution is -2.19. The Bertz CT molecular complexity index is 472. The largest absolute Gasteiger partial charge is 0.320 e. The van der Waals surface area contributed by atoms with E-state index >= 15 is 0 Å². The third kappa shape index (κ3) is 3.53. The number of anilines is 1. The summed E-state index contributed by atoms with van der Waals surface area (Å²) in [6.07, 6.45) is 0.278. The van der Waals surface area contributed by atoms with E-state index in [1.54, 1.807) is 20.0 Å². The fourth-order valence-corrected chi connectivity index (χ4v) is 1.50. The van der Waals surface area contributed by atoms with E-state index in [1.807, 2.05) is 6.92 Å². The van der Waals surface area contributed by atoms with Gasteiger partial charge in [0.25, 0.3) is 5.69 Å². The quantitative estimate of drug-likeness (QED) is 0.617. The van der Waals surface area contributed by atoms with Crippen molar-refractivity contribution < 1.29 is 9.72 Å². The molecule has 18 heavy (non-hydrogen) atoms. The van der Waals surface area contributed by atoms with Crippen molar-refractivity contribution in [1.29, 1.82) is 0 Å². The van der Waals surface area contributed by atoms with Crippen LogP contribution in [0.15, 0.2) is 12.1 Å². The number of carbonyl (C=O) groups is 1. The number of hydrogen-bond acceptors (Lipinski definition) is 4. The van der Waals surface area contributed by atoms with Crippen LogP contribution >= 0.6 is 0 Å². The predicted octanol–water partition coefficient (Wildman–Crippen LogP) is 1.76. The summed E-state index contributed by atoms with van der Waals surface area (Å²) in [5.41, 5.74) is 1.92. The molecule has 1 aromatic rings. The summed E-state index contributed by atoms with van der Waals surface area (Å²) in [5.74, 6) is -0.240. The average Bonchev–Trinajstić information content (AvgIpc) is 2.30. The number of nitro groups is 1. The number of nitrogens with one attached hydrogen (secondary N) is 2. The van der Waals surface area contributed by atoms with Crippen LogP contribution in [0, 0.1) is 24.0 Å². The summed E-state index contributed by atoms with van der Waals surface area (Å²) in [4.78, 5) is 22.0. The molecule has 0 aromatic heterocycles. The molecule has 6 heteroatoms. The highest BCUT2D eigenvalue weighted by molar-refractivity contribution is 5.93. The second-order valence-electron chi connectivity index (χ2n) is 4.11. The third-order valence-corrected chi connectivity index (χ3v) is 2.68. The second-order valence-corrected chi connectivity index (χ2v) is 4.11. The second kappa shape index (κ2) is 6.11. The Balaban J connectivity index is 2.96. The lowest BCUT2D eigenvalue weighted by Gasteiger charge is -2.08. The lowest BCUT2D eigenvalue weighted by molar-refractivity contribution is -0.384. The van der Waals surface area contributed by atoms with Gasteiger partial charge in [-0.15, -0.1) is 0 Å². The van der Waals surface area contributed by atoms with Crippen LogP contribution in [-0.4, -0.2) is 24.4 Å². The molecule has 1 amide bonds. The molecule has 0 radical (unpaired) electrons. The maximum atomic E-state index is 11.6. The molecule has 1 aromatic carbocycles. The number of hydrogen-bond donors (Lipinski definition) is 2. The molecule has 0 saturated heterocycles. The molecular formula is C12H17N3O3. The monoisotopic (exact) mass is 251 g/mol. The van der Waals surface area contributed by atoms with Crippen LogP contribution in [0.2, 0.25) is 0 Å². The van der Waals surface area contributed by atoms with Gasteiger partial charge in [-0.2, -0.15) is 0 Å². The first-order valence-corrected chi connectivity index (χ1v) is 5.65. The van der Waals surface area contributed by atoms with Gasteiger partial charge in [-0.3, -0.25) is 14.9 Å². The molecule has 0 atom stereocenters. The molecule has 98 valence electrons. The van der Waals surface area contributed by atoms with Crippen molar-refractivity contribution in [3.63, 3.8) is 0 Å². The van der Waals surface area contributed by atoms with Crippen molar-refractivity contribution in [2.24, 2.45) is 0 Å². The Morgan fingerprint density at radius 1 is 1.33 bits per heavy atom. The Labute approximate surface area is 106 Å². The standard InChI is InChI=1S/C12H17N3O3/c1-8-6-10(14-12(16)4-5-13-3)11(15(17)18)7-9(8)2/h6-7,13H,4-5H2,1-3H3,(H,14,16). The molecule has 0 spiro atoms. The van der Waals surface area contributed by atoms with E-state index in [2.05, 4.69) is 10.6 Å². The van der Waals surface area contributed by atoms with Crippen molar-refractivity contribution in [1.82, 2.24) is 5.32 Å². The van der Waals surface area contributed by atoms with Crippen molar-refractivity contribution in [2.75, 3.05) is 18.9 Å². The van der Waals surface area contributed by atoms with Gasteiger partial charge in [0, 0.05) is 19.0 Å². The molecule has 0 aliphatic heterocycles. The predicted molar refractivity (Wildman–Crippen MR) is 69.7 cm³/mol. The molecule has 0 aliphatic carbocycles. The minimum absolute atomic E-state index is 0.0732.